The van der Waals surface area contributed by atoms with E-state index in [0.29, 0.717) is 20.8 Å². The molecule has 8 heteroatoms. The Morgan fingerprint density at radius 1 is 1.00 bits per heavy atom. The van der Waals surface area contributed by atoms with E-state index >= 15 is 0 Å². The summed E-state index contributed by atoms with van der Waals surface area (Å²) in [5.74, 6) is -0.265. The van der Waals surface area contributed by atoms with Crippen LogP contribution in [-0.4, -0.2) is 22.1 Å². The second kappa shape index (κ2) is 8.30. The Morgan fingerprint density at radius 3 is 2.43 bits per heavy atom. The minimum Gasteiger partial charge on any atom is -0.314 e. The Kier molecular flexibility index (Phi) is 5.57. The number of likely N-dealkylation sites (N-methyl/N-ethyl adjacent to an activating group) is 1. The van der Waals surface area contributed by atoms with Gasteiger partial charge >= 0.3 is 5.69 Å². The number of para-hydroxylation sites is 1. The summed E-state index contributed by atoms with van der Waals surface area (Å²) in [6, 6.07) is 17.9. The lowest BCUT2D eigenvalue weighted by molar-refractivity contribution is -0.118. The molecular formula is C22H18ClN3O3S. The standard InChI is InChI=1S/C22H18ClN3O3S/c1-24(16-8-3-2-4-9-16)19(27)14-25-18-11-12-30-20(18)21(28)26(22(25)29)13-15-7-5-6-10-17(15)23/h2-12H,13-14H2,1H3. The molecule has 30 heavy (non-hydrogen) atoms. The maximum atomic E-state index is 13.2. The van der Waals surface area contributed by atoms with Crippen LogP contribution >= 0.6 is 22.9 Å². The number of carbonyl (C=O) groups excluding carboxylic acids is 1. The topological polar surface area (TPSA) is 64.3 Å². The molecule has 0 spiro atoms. The van der Waals surface area contributed by atoms with Gasteiger partial charge in [-0.1, -0.05) is 48.0 Å². The van der Waals surface area contributed by atoms with Crippen molar-refractivity contribution in [1.82, 2.24) is 9.13 Å². The van der Waals surface area contributed by atoms with Crippen LogP contribution in [0.2, 0.25) is 5.02 Å². The number of hydrogen-bond acceptors (Lipinski definition) is 4. The summed E-state index contributed by atoms with van der Waals surface area (Å²) in [5.41, 5.74) is 0.918. The van der Waals surface area contributed by atoms with Gasteiger partial charge in [0, 0.05) is 17.8 Å². The molecule has 0 aliphatic heterocycles. The Morgan fingerprint density at radius 2 is 1.70 bits per heavy atom. The first-order valence-corrected chi connectivity index (χ1v) is 10.5. The number of benzene rings is 2. The van der Waals surface area contributed by atoms with Crippen molar-refractivity contribution in [2.45, 2.75) is 13.1 Å². The van der Waals surface area contributed by atoms with Gasteiger partial charge in [0.1, 0.15) is 11.2 Å². The van der Waals surface area contributed by atoms with E-state index in [4.69, 9.17) is 11.6 Å². The van der Waals surface area contributed by atoms with Crippen molar-refractivity contribution in [3.8, 4) is 0 Å². The summed E-state index contributed by atoms with van der Waals surface area (Å²) in [5, 5.41) is 2.22. The molecule has 0 radical (unpaired) electrons. The highest BCUT2D eigenvalue weighted by Crippen LogP contribution is 2.19. The van der Waals surface area contributed by atoms with Crippen LogP contribution in [0.4, 0.5) is 5.69 Å². The molecule has 0 N–H and O–H groups in total. The largest absolute Gasteiger partial charge is 0.332 e. The van der Waals surface area contributed by atoms with Gasteiger partial charge in [-0.05, 0) is 35.2 Å². The van der Waals surface area contributed by atoms with Crippen LogP contribution in [0.3, 0.4) is 0 Å². The van der Waals surface area contributed by atoms with Crippen molar-refractivity contribution in [2.24, 2.45) is 0 Å². The van der Waals surface area contributed by atoms with Crippen molar-refractivity contribution in [3.05, 3.63) is 97.5 Å². The van der Waals surface area contributed by atoms with E-state index in [1.807, 2.05) is 30.3 Å². The lowest BCUT2D eigenvalue weighted by atomic mass is 10.2. The minimum absolute atomic E-state index is 0.0356. The Hall–Kier alpha value is -3.16. The molecule has 4 aromatic rings. The predicted molar refractivity (Wildman–Crippen MR) is 121 cm³/mol. The summed E-state index contributed by atoms with van der Waals surface area (Å²) >= 11 is 7.47. The van der Waals surface area contributed by atoms with Crippen LogP contribution in [0.15, 0.2) is 75.6 Å². The number of aromatic nitrogens is 2. The van der Waals surface area contributed by atoms with E-state index in [1.165, 1.54) is 20.8 Å². The van der Waals surface area contributed by atoms with Gasteiger partial charge in [0.25, 0.3) is 5.56 Å². The first kappa shape index (κ1) is 20.1. The van der Waals surface area contributed by atoms with E-state index in [0.717, 1.165) is 10.3 Å². The highest BCUT2D eigenvalue weighted by atomic mass is 35.5. The zero-order valence-corrected chi connectivity index (χ0v) is 17.7. The second-order valence-electron chi connectivity index (χ2n) is 6.77. The van der Waals surface area contributed by atoms with E-state index in [9.17, 15) is 14.4 Å². The van der Waals surface area contributed by atoms with Gasteiger partial charge in [0.2, 0.25) is 5.91 Å². The second-order valence-corrected chi connectivity index (χ2v) is 8.10. The molecule has 2 aromatic heterocycles. The molecular weight excluding hydrogens is 422 g/mol. The van der Waals surface area contributed by atoms with Crippen molar-refractivity contribution in [2.75, 3.05) is 11.9 Å². The fourth-order valence-electron chi connectivity index (χ4n) is 3.26. The molecule has 0 atom stereocenters. The zero-order valence-electron chi connectivity index (χ0n) is 16.1. The normalized spacial score (nSPS) is 11.0. The quantitative estimate of drug-likeness (QED) is 0.477. The molecule has 0 saturated heterocycles. The molecule has 2 heterocycles. The van der Waals surface area contributed by atoms with Crippen LogP contribution in [0.25, 0.3) is 10.2 Å². The number of nitrogens with zero attached hydrogens (tertiary/aromatic N) is 3. The van der Waals surface area contributed by atoms with Crippen molar-refractivity contribution in [1.29, 1.82) is 0 Å². The maximum absolute atomic E-state index is 13.2. The SMILES string of the molecule is CN(C(=O)Cn1c(=O)n(Cc2ccccc2Cl)c(=O)c2sccc21)c1ccccc1. The molecule has 0 aliphatic carbocycles. The first-order valence-electron chi connectivity index (χ1n) is 9.23. The Labute approximate surface area is 181 Å². The third kappa shape index (κ3) is 3.69. The number of anilines is 1. The Balaban J connectivity index is 1.77. The molecule has 0 bridgehead atoms. The molecule has 0 unspecified atom stereocenters. The summed E-state index contributed by atoms with van der Waals surface area (Å²) < 4.78 is 2.92. The number of carbonyl (C=O) groups is 1. The van der Waals surface area contributed by atoms with Crippen molar-refractivity contribution in [3.63, 3.8) is 0 Å². The molecule has 0 aliphatic rings. The molecule has 2 aromatic carbocycles. The smallest absolute Gasteiger partial charge is 0.314 e. The number of halogens is 1. The molecule has 152 valence electrons. The number of rotatable bonds is 5. The number of thiophene rings is 1. The molecule has 0 saturated carbocycles. The van der Waals surface area contributed by atoms with Gasteiger partial charge in [-0.3, -0.25) is 18.7 Å². The summed E-state index contributed by atoms with van der Waals surface area (Å²) in [6.07, 6.45) is 0. The van der Waals surface area contributed by atoms with Crippen molar-refractivity contribution >= 4 is 44.7 Å². The van der Waals surface area contributed by atoms with Gasteiger partial charge in [0.15, 0.2) is 0 Å². The summed E-state index contributed by atoms with van der Waals surface area (Å²) in [4.78, 5) is 40.6. The monoisotopic (exact) mass is 439 g/mol. The van der Waals surface area contributed by atoms with Crippen LogP contribution in [0.1, 0.15) is 5.56 Å². The van der Waals surface area contributed by atoms with Crippen LogP contribution in [0, 0.1) is 0 Å². The highest BCUT2D eigenvalue weighted by Gasteiger charge is 2.19. The third-order valence-corrected chi connectivity index (χ3v) is 6.19. The lowest BCUT2D eigenvalue weighted by Crippen LogP contribution is -2.42. The molecule has 6 nitrogen and oxygen atoms in total. The van der Waals surface area contributed by atoms with E-state index in [2.05, 4.69) is 0 Å². The van der Waals surface area contributed by atoms with Gasteiger partial charge in [0.05, 0.1) is 12.1 Å². The van der Waals surface area contributed by atoms with Crippen LogP contribution in [-0.2, 0) is 17.9 Å². The van der Waals surface area contributed by atoms with E-state index in [-0.39, 0.29) is 24.6 Å². The maximum Gasteiger partial charge on any atom is 0.332 e. The van der Waals surface area contributed by atoms with E-state index in [1.54, 1.807) is 42.8 Å². The minimum atomic E-state index is -0.541. The third-order valence-electron chi connectivity index (χ3n) is 4.93. The number of amides is 1. The van der Waals surface area contributed by atoms with Gasteiger partial charge in [-0.15, -0.1) is 11.3 Å². The average Bonchev–Trinajstić information content (AvgIpc) is 3.25. The lowest BCUT2D eigenvalue weighted by Gasteiger charge is -2.19. The zero-order chi connectivity index (χ0) is 21.3. The average molecular weight is 440 g/mol. The first-order chi connectivity index (χ1) is 14.5. The highest BCUT2D eigenvalue weighted by molar-refractivity contribution is 7.17. The fourth-order valence-corrected chi connectivity index (χ4v) is 4.30. The number of hydrogen-bond donors (Lipinski definition) is 0. The van der Waals surface area contributed by atoms with Crippen LogP contribution < -0.4 is 16.1 Å². The van der Waals surface area contributed by atoms with Crippen LogP contribution in [0.5, 0.6) is 0 Å². The summed E-state index contributed by atoms with van der Waals surface area (Å²) in [7, 11) is 1.66. The predicted octanol–water partition coefficient (Wildman–Crippen LogP) is 3.59. The number of fused-ring (bicyclic) bond motifs is 1. The van der Waals surface area contributed by atoms with Crippen molar-refractivity contribution < 1.29 is 4.79 Å². The van der Waals surface area contributed by atoms with Gasteiger partial charge in [-0.2, -0.15) is 0 Å². The van der Waals surface area contributed by atoms with E-state index < -0.39 is 5.69 Å². The molecule has 1 amide bonds. The summed E-state index contributed by atoms with van der Waals surface area (Å²) in [6.45, 7) is -0.145. The fraction of sp³-hybridized carbons (Fsp3) is 0.136. The van der Waals surface area contributed by atoms with Gasteiger partial charge in [-0.25, -0.2) is 4.79 Å². The van der Waals surface area contributed by atoms with Gasteiger partial charge < -0.3 is 4.90 Å². The molecule has 0 fully saturated rings. The molecule has 4 rings (SSSR count). The Bertz CT molecular complexity index is 1340.